The maximum absolute atomic E-state index is 14.0. The molecule has 28 heavy (non-hydrogen) atoms. The van der Waals surface area contributed by atoms with E-state index >= 15 is 0 Å². The number of hydrogen-bond acceptors (Lipinski definition) is 5. The van der Waals surface area contributed by atoms with Crippen molar-refractivity contribution in [2.24, 2.45) is 0 Å². The fourth-order valence-electron chi connectivity index (χ4n) is 2.71. The zero-order valence-electron chi connectivity index (χ0n) is 14.4. The molecule has 1 amide bonds. The molecule has 0 bridgehead atoms. The number of thiazole rings is 1. The highest BCUT2D eigenvalue weighted by molar-refractivity contribution is 7.22. The predicted octanol–water partition coefficient (Wildman–Crippen LogP) is 4.52. The monoisotopic (exact) mass is 424 g/mol. The van der Waals surface area contributed by atoms with E-state index in [1.54, 1.807) is 24.7 Å². The first-order chi connectivity index (χ1) is 13.1. The van der Waals surface area contributed by atoms with Crippen LogP contribution in [0.3, 0.4) is 0 Å². The van der Waals surface area contributed by atoms with E-state index in [1.165, 1.54) is 17.2 Å². The molecule has 0 saturated heterocycles. The molecular weight excluding hydrogens is 410 g/mol. The van der Waals surface area contributed by atoms with E-state index in [2.05, 4.69) is 9.97 Å². The zero-order chi connectivity index (χ0) is 18.8. The third-order valence-electron chi connectivity index (χ3n) is 3.97. The fraction of sp³-hybridized carbons (Fsp3) is 0.167. The van der Waals surface area contributed by atoms with Crippen LogP contribution in [0.1, 0.15) is 17.0 Å². The Morgan fingerprint density at radius 1 is 1.32 bits per heavy atom. The van der Waals surface area contributed by atoms with Gasteiger partial charge in [0.05, 0.1) is 17.3 Å². The van der Waals surface area contributed by atoms with Crippen molar-refractivity contribution >= 4 is 45.0 Å². The molecule has 0 saturated carbocycles. The lowest BCUT2D eigenvalue weighted by molar-refractivity contribution is 0.0959. The topological polar surface area (TPSA) is 64.2 Å². The van der Waals surface area contributed by atoms with Crippen LogP contribution in [-0.2, 0) is 6.54 Å². The number of halogens is 3. The molecule has 3 aromatic heterocycles. The van der Waals surface area contributed by atoms with Gasteiger partial charge in [-0.1, -0.05) is 11.3 Å². The quantitative estimate of drug-likeness (QED) is 0.456. The first-order valence-electron chi connectivity index (χ1n) is 8.18. The maximum atomic E-state index is 14.0. The molecular formula is C18H15ClF2N4O2S. The molecule has 0 radical (unpaired) electrons. The van der Waals surface area contributed by atoms with Gasteiger partial charge >= 0.3 is 0 Å². The molecule has 146 valence electrons. The lowest BCUT2D eigenvalue weighted by Gasteiger charge is -2.18. The van der Waals surface area contributed by atoms with E-state index in [4.69, 9.17) is 4.42 Å². The van der Waals surface area contributed by atoms with Crippen molar-refractivity contribution in [2.75, 3.05) is 11.4 Å². The van der Waals surface area contributed by atoms with Gasteiger partial charge in [-0.2, -0.15) is 0 Å². The second-order valence-electron chi connectivity index (χ2n) is 5.82. The van der Waals surface area contributed by atoms with Crippen molar-refractivity contribution < 1.29 is 18.0 Å². The average Bonchev–Trinajstić information content (AvgIpc) is 3.38. The van der Waals surface area contributed by atoms with Crippen LogP contribution >= 0.6 is 23.7 Å². The Morgan fingerprint density at radius 2 is 2.18 bits per heavy atom. The summed E-state index contributed by atoms with van der Waals surface area (Å²) in [7, 11) is 0. The SMILES string of the molecule is Cl.O=C(c1ccco1)N(CCCn1ccnc1)c1nc2c(F)cc(F)cc2s1. The summed E-state index contributed by atoms with van der Waals surface area (Å²) in [5.41, 5.74) is 0.0447. The Hall–Kier alpha value is -2.78. The van der Waals surface area contributed by atoms with Crippen molar-refractivity contribution in [3.63, 3.8) is 0 Å². The Morgan fingerprint density at radius 3 is 2.89 bits per heavy atom. The van der Waals surface area contributed by atoms with E-state index in [-0.39, 0.29) is 29.6 Å². The van der Waals surface area contributed by atoms with Gasteiger partial charge in [0.2, 0.25) is 0 Å². The van der Waals surface area contributed by atoms with Gasteiger partial charge in [0, 0.05) is 31.5 Å². The van der Waals surface area contributed by atoms with Crippen LogP contribution in [0.5, 0.6) is 0 Å². The normalized spacial score (nSPS) is 10.8. The summed E-state index contributed by atoms with van der Waals surface area (Å²) in [5.74, 6) is -1.66. The van der Waals surface area contributed by atoms with Gasteiger partial charge in [-0.3, -0.25) is 9.69 Å². The molecule has 0 atom stereocenters. The third-order valence-corrected chi connectivity index (χ3v) is 4.99. The summed E-state index contributed by atoms with van der Waals surface area (Å²) in [4.78, 5) is 22.5. The molecule has 0 aliphatic carbocycles. The van der Waals surface area contributed by atoms with Gasteiger partial charge in [-0.15, -0.1) is 12.4 Å². The number of carbonyl (C=O) groups is 1. The predicted molar refractivity (Wildman–Crippen MR) is 104 cm³/mol. The molecule has 10 heteroatoms. The minimum atomic E-state index is -0.753. The number of nitrogens with zero attached hydrogens (tertiary/aromatic N) is 4. The van der Waals surface area contributed by atoms with Crippen LogP contribution in [0.2, 0.25) is 0 Å². The minimum Gasteiger partial charge on any atom is -0.459 e. The average molecular weight is 425 g/mol. The molecule has 0 spiro atoms. The number of aromatic nitrogens is 3. The first kappa shape index (κ1) is 20.0. The number of imidazole rings is 1. The lowest BCUT2D eigenvalue weighted by atomic mass is 10.3. The maximum Gasteiger partial charge on any atom is 0.295 e. The molecule has 6 nitrogen and oxygen atoms in total. The van der Waals surface area contributed by atoms with E-state index < -0.39 is 11.6 Å². The van der Waals surface area contributed by atoms with Crippen LogP contribution in [0.25, 0.3) is 10.2 Å². The largest absolute Gasteiger partial charge is 0.459 e. The zero-order valence-corrected chi connectivity index (χ0v) is 16.1. The van der Waals surface area contributed by atoms with Crippen LogP contribution in [0.15, 0.2) is 53.7 Å². The second kappa shape index (κ2) is 8.49. The second-order valence-corrected chi connectivity index (χ2v) is 6.83. The van der Waals surface area contributed by atoms with Gasteiger partial charge < -0.3 is 8.98 Å². The Balaban J connectivity index is 0.00000225. The van der Waals surface area contributed by atoms with E-state index in [0.29, 0.717) is 29.3 Å². The van der Waals surface area contributed by atoms with Gasteiger partial charge in [0.15, 0.2) is 16.7 Å². The Kier molecular flexibility index (Phi) is 6.05. The summed E-state index contributed by atoms with van der Waals surface area (Å²) in [6.07, 6.45) is 7.22. The van der Waals surface area contributed by atoms with Crippen LogP contribution in [0, 0.1) is 11.6 Å². The number of aryl methyl sites for hydroxylation is 1. The summed E-state index contributed by atoms with van der Waals surface area (Å²) in [6, 6.07) is 5.16. The number of fused-ring (bicyclic) bond motifs is 1. The third kappa shape index (κ3) is 4.05. The Bertz CT molecular complexity index is 1070. The molecule has 0 aliphatic heterocycles. The fourth-order valence-corrected chi connectivity index (χ4v) is 3.74. The van der Waals surface area contributed by atoms with Gasteiger partial charge in [-0.25, -0.2) is 18.7 Å². The number of rotatable bonds is 6. The van der Waals surface area contributed by atoms with Crippen LogP contribution < -0.4 is 4.90 Å². The van der Waals surface area contributed by atoms with Crippen molar-refractivity contribution in [1.82, 2.24) is 14.5 Å². The minimum absolute atomic E-state index is 0. The highest BCUT2D eigenvalue weighted by Gasteiger charge is 2.24. The molecule has 3 heterocycles. The lowest BCUT2D eigenvalue weighted by Crippen LogP contribution is -2.32. The van der Waals surface area contributed by atoms with E-state index in [9.17, 15) is 13.6 Å². The van der Waals surface area contributed by atoms with Crippen molar-refractivity contribution in [3.05, 3.63) is 66.6 Å². The number of hydrogen-bond donors (Lipinski definition) is 0. The molecule has 4 aromatic rings. The standard InChI is InChI=1S/C18H14F2N4O2S.ClH/c19-12-9-13(20)16-15(10-12)27-18(22-16)24(17(25)14-3-1-8-26-14)6-2-5-23-7-4-21-11-23;/h1,3-4,7-11H,2,5-6H2;1H. The van der Waals surface area contributed by atoms with E-state index in [0.717, 1.165) is 17.4 Å². The van der Waals surface area contributed by atoms with Crippen LogP contribution in [0.4, 0.5) is 13.9 Å². The van der Waals surface area contributed by atoms with Crippen molar-refractivity contribution in [2.45, 2.75) is 13.0 Å². The summed E-state index contributed by atoms with van der Waals surface area (Å²) in [5, 5.41) is 0.293. The smallest absolute Gasteiger partial charge is 0.295 e. The number of carbonyl (C=O) groups excluding carboxylic acids is 1. The van der Waals surface area contributed by atoms with E-state index in [1.807, 2.05) is 10.8 Å². The van der Waals surface area contributed by atoms with Crippen LogP contribution in [-0.4, -0.2) is 27.0 Å². The number of amides is 1. The van der Waals surface area contributed by atoms with Crippen molar-refractivity contribution in [3.8, 4) is 0 Å². The molecule has 0 unspecified atom stereocenters. The molecule has 1 aromatic carbocycles. The number of anilines is 1. The van der Waals surface area contributed by atoms with Gasteiger partial charge in [0.1, 0.15) is 11.3 Å². The summed E-state index contributed by atoms with van der Waals surface area (Å²) >= 11 is 1.06. The molecule has 0 fully saturated rings. The summed E-state index contributed by atoms with van der Waals surface area (Å²) < 4.78 is 34.9. The highest BCUT2D eigenvalue weighted by Crippen LogP contribution is 2.32. The number of furan rings is 1. The highest BCUT2D eigenvalue weighted by atomic mass is 35.5. The van der Waals surface area contributed by atoms with Gasteiger partial charge in [-0.05, 0) is 24.6 Å². The Labute approximate surface area is 168 Å². The summed E-state index contributed by atoms with van der Waals surface area (Å²) in [6.45, 7) is 0.984. The number of benzene rings is 1. The molecule has 0 N–H and O–H groups in total. The van der Waals surface area contributed by atoms with Gasteiger partial charge in [0.25, 0.3) is 5.91 Å². The molecule has 0 aliphatic rings. The van der Waals surface area contributed by atoms with Crippen molar-refractivity contribution in [1.29, 1.82) is 0 Å². The molecule has 4 rings (SSSR count). The first-order valence-corrected chi connectivity index (χ1v) is 9.00.